The maximum atomic E-state index is 12.6. The van der Waals surface area contributed by atoms with E-state index >= 15 is 0 Å². The molecule has 0 fully saturated rings. The molecule has 1 amide bonds. The second-order valence-electron chi connectivity index (χ2n) is 5.87. The number of aromatic nitrogens is 1. The fourth-order valence-corrected chi connectivity index (χ4v) is 4.87. The minimum absolute atomic E-state index is 0.272. The average Bonchev–Trinajstić information content (AvgIpc) is 3.11. The Morgan fingerprint density at radius 2 is 1.89 bits per heavy atom. The molecule has 1 aromatic heterocycles. The van der Waals surface area contributed by atoms with Crippen molar-refractivity contribution in [3.63, 3.8) is 0 Å². The number of thiazole rings is 1. The number of fused-ring (bicyclic) bond motifs is 1. The van der Waals surface area contributed by atoms with Gasteiger partial charge in [0.1, 0.15) is 5.75 Å². The summed E-state index contributed by atoms with van der Waals surface area (Å²) in [6, 6.07) is 20.7. The lowest BCUT2D eigenvalue weighted by Crippen LogP contribution is -2.13. The molecular formula is C21H15ClN2O2S2. The molecule has 7 heteroatoms. The third-order valence-electron chi connectivity index (χ3n) is 4.00. The molecule has 0 aliphatic carbocycles. The normalized spacial score (nSPS) is 10.8. The predicted molar refractivity (Wildman–Crippen MR) is 116 cm³/mol. The zero-order valence-electron chi connectivity index (χ0n) is 14.8. The average molecular weight is 427 g/mol. The molecule has 0 unspecified atom stereocenters. The number of nitrogens with one attached hydrogen (secondary N) is 1. The van der Waals surface area contributed by atoms with Crippen LogP contribution in [0.3, 0.4) is 0 Å². The Morgan fingerprint density at radius 1 is 1.11 bits per heavy atom. The van der Waals surface area contributed by atoms with Gasteiger partial charge in [-0.2, -0.15) is 0 Å². The highest BCUT2D eigenvalue weighted by Gasteiger charge is 2.13. The first kappa shape index (κ1) is 18.8. The van der Waals surface area contributed by atoms with E-state index in [1.165, 1.54) is 11.8 Å². The molecule has 4 nitrogen and oxygen atoms in total. The van der Waals surface area contributed by atoms with Gasteiger partial charge in [0.25, 0.3) is 5.91 Å². The van der Waals surface area contributed by atoms with Crippen LogP contribution in [0.25, 0.3) is 10.2 Å². The molecular weight excluding hydrogens is 412 g/mol. The van der Waals surface area contributed by atoms with Gasteiger partial charge in [0.05, 0.1) is 22.9 Å². The van der Waals surface area contributed by atoms with E-state index in [4.69, 9.17) is 16.3 Å². The van der Waals surface area contributed by atoms with Gasteiger partial charge >= 0.3 is 0 Å². The van der Waals surface area contributed by atoms with Gasteiger partial charge < -0.3 is 10.1 Å². The topological polar surface area (TPSA) is 51.2 Å². The molecule has 0 bridgehead atoms. The van der Waals surface area contributed by atoms with Gasteiger partial charge in [-0.25, -0.2) is 4.98 Å². The van der Waals surface area contributed by atoms with Crippen LogP contribution >= 0.6 is 34.7 Å². The molecule has 3 aromatic carbocycles. The van der Waals surface area contributed by atoms with E-state index in [1.54, 1.807) is 41.3 Å². The highest BCUT2D eigenvalue weighted by atomic mass is 35.5. The number of rotatable bonds is 5. The molecule has 1 N–H and O–H groups in total. The largest absolute Gasteiger partial charge is 0.496 e. The summed E-state index contributed by atoms with van der Waals surface area (Å²) in [5.74, 6) is 0.204. The van der Waals surface area contributed by atoms with Gasteiger partial charge in [-0.15, -0.1) is 11.3 Å². The standard InChI is InChI=1S/C21H15ClN2O2S2/c1-26-18-11-6-13(22)12-16(18)20(25)23-14-7-9-15(10-8-14)27-21-24-17-4-2-3-5-19(17)28-21/h2-12H,1H3,(H,23,25). The minimum Gasteiger partial charge on any atom is -0.496 e. The van der Waals surface area contributed by atoms with Crippen molar-refractivity contribution in [2.75, 3.05) is 12.4 Å². The number of anilines is 1. The second-order valence-corrected chi connectivity index (χ2v) is 8.66. The number of ether oxygens (including phenoxy) is 1. The van der Waals surface area contributed by atoms with Crippen LogP contribution in [0.4, 0.5) is 5.69 Å². The van der Waals surface area contributed by atoms with Gasteiger partial charge in [-0.1, -0.05) is 35.5 Å². The second kappa shape index (κ2) is 8.22. The molecule has 140 valence electrons. The molecule has 4 aromatic rings. The number of amides is 1. The molecule has 1 heterocycles. The van der Waals surface area contributed by atoms with E-state index in [0.717, 1.165) is 14.8 Å². The maximum Gasteiger partial charge on any atom is 0.259 e. The van der Waals surface area contributed by atoms with Gasteiger partial charge in [0, 0.05) is 15.6 Å². The summed E-state index contributed by atoms with van der Waals surface area (Å²) in [7, 11) is 1.52. The Hall–Kier alpha value is -2.54. The summed E-state index contributed by atoms with van der Waals surface area (Å²) in [5.41, 5.74) is 2.10. The van der Waals surface area contributed by atoms with Gasteiger partial charge in [0.2, 0.25) is 0 Å². The molecule has 0 aliphatic heterocycles. The summed E-state index contributed by atoms with van der Waals surface area (Å²) in [6.45, 7) is 0. The summed E-state index contributed by atoms with van der Waals surface area (Å²) in [5, 5.41) is 3.35. The highest BCUT2D eigenvalue weighted by Crippen LogP contribution is 2.34. The predicted octanol–water partition coefficient (Wildman–Crippen LogP) is 6.36. The fraction of sp³-hybridized carbons (Fsp3) is 0.0476. The third kappa shape index (κ3) is 4.14. The van der Waals surface area contributed by atoms with Crippen LogP contribution in [0, 0.1) is 0 Å². The van der Waals surface area contributed by atoms with E-state index in [-0.39, 0.29) is 5.91 Å². The lowest BCUT2D eigenvalue weighted by Gasteiger charge is -2.10. The van der Waals surface area contributed by atoms with Crippen molar-refractivity contribution >= 4 is 56.5 Å². The summed E-state index contributed by atoms with van der Waals surface area (Å²) >= 11 is 9.27. The number of para-hydroxylation sites is 1. The molecule has 0 radical (unpaired) electrons. The van der Waals surface area contributed by atoms with Crippen molar-refractivity contribution in [2.45, 2.75) is 9.24 Å². The molecule has 28 heavy (non-hydrogen) atoms. The minimum atomic E-state index is -0.272. The molecule has 0 saturated carbocycles. The Morgan fingerprint density at radius 3 is 2.64 bits per heavy atom. The number of carbonyl (C=O) groups is 1. The fourth-order valence-electron chi connectivity index (χ4n) is 2.66. The molecule has 0 spiro atoms. The van der Waals surface area contributed by atoms with E-state index < -0.39 is 0 Å². The number of benzene rings is 3. The molecule has 0 saturated heterocycles. The zero-order valence-corrected chi connectivity index (χ0v) is 17.2. The van der Waals surface area contributed by atoms with Crippen LogP contribution in [0.5, 0.6) is 5.75 Å². The highest BCUT2D eigenvalue weighted by molar-refractivity contribution is 8.01. The summed E-state index contributed by atoms with van der Waals surface area (Å²) in [6.07, 6.45) is 0. The molecule has 0 aliphatic rings. The van der Waals surface area contributed by atoms with Crippen molar-refractivity contribution in [1.29, 1.82) is 0 Å². The van der Waals surface area contributed by atoms with E-state index in [0.29, 0.717) is 22.0 Å². The first-order chi connectivity index (χ1) is 13.6. The van der Waals surface area contributed by atoms with E-state index in [2.05, 4.69) is 16.4 Å². The molecule has 0 atom stereocenters. The monoisotopic (exact) mass is 426 g/mol. The van der Waals surface area contributed by atoms with Crippen molar-refractivity contribution in [3.8, 4) is 5.75 Å². The number of carbonyl (C=O) groups excluding carboxylic acids is 1. The van der Waals surface area contributed by atoms with Gasteiger partial charge in [0.15, 0.2) is 4.34 Å². The van der Waals surface area contributed by atoms with Crippen LogP contribution in [0.2, 0.25) is 5.02 Å². The van der Waals surface area contributed by atoms with E-state index in [9.17, 15) is 4.79 Å². The number of halogens is 1. The van der Waals surface area contributed by atoms with Crippen LogP contribution in [0.1, 0.15) is 10.4 Å². The van der Waals surface area contributed by atoms with Crippen molar-refractivity contribution < 1.29 is 9.53 Å². The Labute approximate surface area is 175 Å². The summed E-state index contributed by atoms with van der Waals surface area (Å²) in [4.78, 5) is 18.2. The lowest BCUT2D eigenvalue weighted by atomic mass is 10.2. The quantitative estimate of drug-likeness (QED) is 0.403. The number of hydrogen-bond acceptors (Lipinski definition) is 5. The van der Waals surface area contributed by atoms with Gasteiger partial charge in [-0.05, 0) is 54.6 Å². The maximum absolute atomic E-state index is 12.6. The number of nitrogens with zero attached hydrogens (tertiary/aromatic N) is 1. The Balaban J connectivity index is 1.47. The van der Waals surface area contributed by atoms with Crippen LogP contribution in [0.15, 0.2) is 76.0 Å². The van der Waals surface area contributed by atoms with Crippen LogP contribution < -0.4 is 10.1 Å². The third-order valence-corrected chi connectivity index (χ3v) is 6.34. The van der Waals surface area contributed by atoms with Crippen molar-refractivity contribution in [1.82, 2.24) is 4.98 Å². The van der Waals surface area contributed by atoms with Gasteiger partial charge in [-0.3, -0.25) is 4.79 Å². The van der Waals surface area contributed by atoms with Crippen LogP contribution in [-0.2, 0) is 0 Å². The first-order valence-electron chi connectivity index (χ1n) is 8.41. The number of hydrogen-bond donors (Lipinski definition) is 1. The SMILES string of the molecule is COc1ccc(Cl)cc1C(=O)Nc1ccc(Sc2nc3ccccc3s2)cc1. The summed E-state index contributed by atoms with van der Waals surface area (Å²) < 4.78 is 7.40. The lowest BCUT2D eigenvalue weighted by molar-refractivity contribution is 0.102. The number of methoxy groups -OCH3 is 1. The smallest absolute Gasteiger partial charge is 0.259 e. The van der Waals surface area contributed by atoms with Crippen LogP contribution in [-0.4, -0.2) is 18.0 Å². The Bertz CT molecular complexity index is 1110. The zero-order chi connectivity index (χ0) is 19.5. The molecule has 4 rings (SSSR count). The van der Waals surface area contributed by atoms with E-state index in [1.807, 2.05) is 42.5 Å². The van der Waals surface area contributed by atoms with Crippen molar-refractivity contribution in [2.24, 2.45) is 0 Å². The van der Waals surface area contributed by atoms with Crippen molar-refractivity contribution in [3.05, 3.63) is 77.3 Å². The Kier molecular flexibility index (Phi) is 5.52. The first-order valence-corrected chi connectivity index (χ1v) is 10.4.